The largest absolute Gasteiger partial charge is 0.468 e. The van der Waals surface area contributed by atoms with Gasteiger partial charge in [-0.3, -0.25) is 10.1 Å². The van der Waals surface area contributed by atoms with E-state index in [9.17, 15) is 18.0 Å². The maximum absolute atomic E-state index is 11.9. The molecule has 1 aliphatic rings. The summed E-state index contributed by atoms with van der Waals surface area (Å²) in [5, 5.41) is 3.26. The predicted octanol–water partition coefficient (Wildman–Crippen LogP) is 2.81. The molecule has 124 valence electrons. The molecule has 1 rings (SSSR count). The standard InChI is InChI=1S/C14H24F3NO3/c1-13(12(19)20-2,18-11-5-6-11)7-3-9-21-10-4-8-14(15,16)17/h11,18H,3-10H2,1-2H3. The maximum Gasteiger partial charge on any atom is 0.389 e. The zero-order valence-electron chi connectivity index (χ0n) is 12.6. The van der Waals surface area contributed by atoms with Gasteiger partial charge in [-0.1, -0.05) is 0 Å². The molecule has 1 fully saturated rings. The fourth-order valence-corrected chi connectivity index (χ4v) is 2.14. The molecule has 0 aromatic heterocycles. The van der Waals surface area contributed by atoms with E-state index in [0.717, 1.165) is 12.8 Å². The zero-order valence-corrected chi connectivity index (χ0v) is 12.6. The van der Waals surface area contributed by atoms with Gasteiger partial charge in [0, 0.05) is 25.7 Å². The summed E-state index contributed by atoms with van der Waals surface area (Å²) in [5.74, 6) is -0.313. The van der Waals surface area contributed by atoms with E-state index in [1.807, 2.05) is 0 Å². The van der Waals surface area contributed by atoms with Crippen molar-refractivity contribution < 1.29 is 27.4 Å². The second kappa shape index (κ2) is 7.98. The molecule has 0 bridgehead atoms. The van der Waals surface area contributed by atoms with Crippen LogP contribution in [0.4, 0.5) is 13.2 Å². The van der Waals surface area contributed by atoms with Crippen LogP contribution >= 0.6 is 0 Å². The monoisotopic (exact) mass is 311 g/mol. The van der Waals surface area contributed by atoms with Gasteiger partial charge in [0.05, 0.1) is 7.11 Å². The summed E-state index contributed by atoms with van der Waals surface area (Å²) < 4.78 is 45.8. The van der Waals surface area contributed by atoms with Crippen LogP contribution in [0, 0.1) is 0 Å². The van der Waals surface area contributed by atoms with Crippen LogP contribution < -0.4 is 5.32 Å². The average Bonchev–Trinajstić information content (AvgIpc) is 3.19. The lowest BCUT2D eigenvalue weighted by molar-refractivity contribution is -0.148. The van der Waals surface area contributed by atoms with Crippen molar-refractivity contribution in [1.82, 2.24) is 5.32 Å². The number of ether oxygens (including phenoxy) is 2. The second-order valence-corrected chi connectivity index (χ2v) is 5.68. The minimum atomic E-state index is -4.12. The highest BCUT2D eigenvalue weighted by molar-refractivity contribution is 5.80. The first kappa shape index (κ1) is 18.2. The van der Waals surface area contributed by atoms with E-state index in [-0.39, 0.29) is 19.0 Å². The first-order chi connectivity index (χ1) is 9.77. The summed E-state index contributed by atoms with van der Waals surface area (Å²) in [6.45, 7) is 2.22. The predicted molar refractivity (Wildman–Crippen MR) is 71.9 cm³/mol. The third kappa shape index (κ3) is 7.66. The Bertz CT molecular complexity index is 332. The Morgan fingerprint density at radius 1 is 1.19 bits per heavy atom. The van der Waals surface area contributed by atoms with Crippen LogP contribution in [0.5, 0.6) is 0 Å². The van der Waals surface area contributed by atoms with Crippen molar-refractivity contribution in [3.63, 3.8) is 0 Å². The minimum Gasteiger partial charge on any atom is -0.468 e. The first-order valence-corrected chi connectivity index (χ1v) is 7.27. The summed E-state index contributed by atoms with van der Waals surface area (Å²) in [5.41, 5.74) is -0.745. The van der Waals surface area contributed by atoms with E-state index in [4.69, 9.17) is 9.47 Å². The third-order valence-electron chi connectivity index (χ3n) is 3.45. The summed E-state index contributed by atoms with van der Waals surface area (Å²) in [6, 6.07) is 0.363. The number of rotatable bonds is 10. The third-order valence-corrected chi connectivity index (χ3v) is 3.45. The van der Waals surface area contributed by atoms with Crippen molar-refractivity contribution in [2.75, 3.05) is 20.3 Å². The number of nitrogens with one attached hydrogen (secondary N) is 1. The Hall–Kier alpha value is -0.820. The lowest BCUT2D eigenvalue weighted by Crippen LogP contribution is -2.51. The van der Waals surface area contributed by atoms with E-state index < -0.39 is 18.1 Å². The summed E-state index contributed by atoms with van der Waals surface area (Å²) in [7, 11) is 1.35. The smallest absolute Gasteiger partial charge is 0.389 e. The van der Waals surface area contributed by atoms with Gasteiger partial charge in [-0.25, -0.2) is 0 Å². The molecule has 1 saturated carbocycles. The number of carbonyl (C=O) groups excluding carboxylic acids is 1. The number of methoxy groups -OCH3 is 1. The second-order valence-electron chi connectivity index (χ2n) is 5.68. The van der Waals surface area contributed by atoms with E-state index in [1.54, 1.807) is 6.92 Å². The van der Waals surface area contributed by atoms with Crippen LogP contribution in [0.25, 0.3) is 0 Å². The van der Waals surface area contributed by atoms with E-state index in [2.05, 4.69) is 5.32 Å². The Morgan fingerprint density at radius 2 is 1.76 bits per heavy atom. The molecular weight excluding hydrogens is 287 g/mol. The molecule has 0 amide bonds. The number of halogens is 3. The molecule has 0 radical (unpaired) electrons. The molecular formula is C14H24F3NO3. The number of carbonyl (C=O) groups is 1. The lowest BCUT2D eigenvalue weighted by atomic mass is 9.96. The van der Waals surface area contributed by atoms with Gasteiger partial charge in [-0.2, -0.15) is 13.2 Å². The molecule has 0 aromatic rings. The summed E-state index contributed by atoms with van der Waals surface area (Å²) in [4.78, 5) is 11.8. The molecule has 7 heteroatoms. The fourth-order valence-electron chi connectivity index (χ4n) is 2.14. The van der Waals surface area contributed by atoms with Crippen molar-refractivity contribution in [3.8, 4) is 0 Å². The van der Waals surface area contributed by atoms with Crippen molar-refractivity contribution >= 4 is 5.97 Å². The number of esters is 1. The molecule has 1 atom stereocenters. The fraction of sp³-hybridized carbons (Fsp3) is 0.929. The van der Waals surface area contributed by atoms with Crippen molar-refractivity contribution in [2.24, 2.45) is 0 Å². The van der Waals surface area contributed by atoms with Crippen LogP contribution in [0.15, 0.2) is 0 Å². The Labute approximate surface area is 123 Å². The molecule has 21 heavy (non-hydrogen) atoms. The van der Waals surface area contributed by atoms with Gasteiger partial charge in [0.2, 0.25) is 0 Å². The lowest BCUT2D eigenvalue weighted by Gasteiger charge is -2.28. The highest BCUT2D eigenvalue weighted by Crippen LogP contribution is 2.25. The Morgan fingerprint density at radius 3 is 2.24 bits per heavy atom. The molecule has 1 N–H and O–H groups in total. The quantitative estimate of drug-likeness (QED) is 0.498. The minimum absolute atomic E-state index is 0.0297. The van der Waals surface area contributed by atoms with Crippen LogP contribution in [0.1, 0.15) is 45.4 Å². The van der Waals surface area contributed by atoms with Crippen LogP contribution in [-0.4, -0.2) is 44.0 Å². The normalized spacial score (nSPS) is 18.3. The maximum atomic E-state index is 11.9. The summed E-state index contributed by atoms with van der Waals surface area (Å²) >= 11 is 0. The van der Waals surface area contributed by atoms with Gasteiger partial charge in [0.15, 0.2) is 0 Å². The number of hydrogen-bond donors (Lipinski definition) is 1. The molecule has 0 spiro atoms. The van der Waals surface area contributed by atoms with Gasteiger partial charge < -0.3 is 9.47 Å². The summed E-state index contributed by atoms with van der Waals surface area (Å²) in [6.07, 6.45) is -1.73. The van der Waals surface area contributed by atoms with Gasteiger partial charge in [-0.05, 0) is 39.0 Å². The SMILES string of the molecule is COC(=O)C(C)(CCCOCCCC(F)(F)F)NC1CC1. The zero-order chi connectivity index (χ0) is 15.9. The molecule has 0 heterocycles. The highest BCUT2D eigenvalue weighted by Gasteiger charge is 2.38. The molecule has 1 unspecified atom stereocenters. The average molecular weight is 311 g/mol. The van der Waals surface area contributed by atoms with E-state index in [0.29, 0.717) is 25.5 Å². The molecule has 0 aromatic carbocycles. The van der Waals surface area contributed by atoms with Crippen LogP contribution in [-0.2, 0) is 14.3 Å². The highest BCUT2D eigenvalue weighted by atomic mass is 19.4. The number of alkyl halides is 3. The van der Waals surface area contributed by atoms with Crippen molar-refractivity contribution in [3.05, 3.63) is 0 Å². The molecule has 4 nitrogen and oxygen atoms in total. The topological polar surface area (TPSA) is 47.6 Å². The molecule has 1 aliphatic carbocycles. The van der Waals surface area contributed by atoms with Gasteiger partial charge >= 0.3 is 12.1 Å². The molecule has 0 aliphatic heterocycles. The van der Waals surface area contributed by atoms with Crippen molar-refractivity contribution in [1.29, 1.82) is 0 Å². The van der Waals surface area contributed by atoms with Gasteiger partial charge in [0.25, 0.3) is 0 Å². The van der Waals surface area contributed by atoms with Gasteiger partial charge in [-0.15, -0.1) is 0 Å². The van der Waals surface area contributed by atoms with Crippen molar-refractivity contribution in [2.45, 2.75) is 63.2 Å². The molecule has 0 saturated heterocycles. The Kier molecular flexibility index (Phi) is 6.93. The Balaban J connectivity index is 2.17. The van der Waals surface area contributed by atoms with Gasteiger partial charge in [0.1, 0.15) is 5.54 Å². The number of hydrogen-bond acceptors (Lipinski definition) is 4. The first-order valence-electron chi connectivity index (χ1n) is 7.27. The van der Waals surface area contributed by atoms with E-state index in [1.165, 1.54) is 7.11 Å². The van der Waals surface area contributed by atoms with Crippen LogP contribution in [0.3, 0.4) is 0 Å². The van der Waals surface area contributed by atoms with Crippen LogP contribution in [0.2, 0.25) is 0 Å². The van der Waals surface area contributed by atoms with E-state index >= 15 is 0 Å².